The molecule has 0 fully saturated rings. The molecule has 0 amide bonds. The Bertz CT molecular complexity index is 423. The molecular formula is C11H10S. The Morgan fingerprint density at radius 3 is 2.92 bits per heavy atom. The van der Waals surface area contributed by atoms with Crippen LogP contribution in [0.2, 0.25) is 0 Å². The van der Waals surface area contributed by atoms with Gasteiger partial charge in [0, 0.05) is 4.70 Å². The van der Waals surface area contributed by atoms with E-state index in [9.17, 15) is 0 Å². The first-order valence-electron chi connectivity index (χ1n) is 3.90. The third-order valence-electron chi connectivity index (χ3n) is 1.95. The van der Waals surface area contributed by atoms with Crippen LogP contribution >= 0.6 is 11.3 Å². The average molecular weight is 174 g/mol. The van der Waals surface area contributed by atoms with Crippen LogP contribution in [0.4, 0.5) is 0 Å². The first-order chi connectivity index (χ1) is 5.77. The van der Waals surface area contributed by atoms with E-state index in [0.717, 1.165) is 5.57 Å². The number of allylic oxidation sites excluding steroid dienone is 1. The molecule has 0 bridgehead atoms. The minimum Gasteiger partial charge on any atom is -0.144 e. The van der Waals surface area contributed by atoms with Gasteiger partial charge in [0.05, 0.1) is 0 Å². The van der Waals surface area contributed by atoms with Crippen LogP contribution < -0.4 is 0 Å². The fourth-order valence-electron chi connectivity index (χ4n) is 1.23. The molecule has 1 heterocycles. The molecule has 0 spiro atoms. The lowest BCUT2D eigenvalue weighted by molar-refractivity contribution is 1.64. The van der Waals surface area contributed by atoms with E-state index in [2.05, 4.69) is 36.2 Å². The SMILES string of the molecule is C=C(C)c1ccc2sccc2c1. The quantitative estimate of drug-likeness (QED) is 0.614. The summed E-state index contributed by atoms with van der Waals surface area (Å²) in [6.45, 7) is 5.96. The fourth-order valence-corrected chi connectivity index (χ4v) is 2.00. The lowest BCUT2D eigenvalue weighted by Gasteiger charge is -1.98. The van der Waals surface area contributed by atoms with Crippen LogP contribution in [0.3, 0.4) is 0 Å². The lowest BCUT2D eigenvalue weighted by atomic mass is 10.1. The third-order valence-corrected chi connectivity index (χ3v) is 2.84. The Morgan fingerprint density at radius 1 is 1.33 bits per heavy atom. The van der Waals surface area contributed by atoms with Crippen molar-refractivity contribution < 1.29 is 0 Å². The molecule has 12 heavy (non-hydrogen) atoms. The van der Waals surface area contributed by atoms with Crippen molar-refractivity contribution in [3.05, 3.63) is 41.8 Å². The maximum Gasteiger partial charge on any atom is 0.0343 e. The van der Waals surface area contributed by atoms with Gasteiger partial charge in [-0.2, -0.15) is 0 Å². The molecule has 1 aromatic carbocycles. The summed E-state index contributed by atoms with van der Waals surface area (Å²) < 4.78 is 1.35. The number of hydrogen-bond acceptors (Lipinski definition) is 1. The topological polar surface area (TPSA) is 0 Å². The molecular weight excluding hydrogens is 164 g/mol. The molecule has 0 aliphatic carbocycles. The smallest absolute Gasteiger partial charge is 0.0343 e. The summed E-state index contributed by atoms with van der Waals surface area (Å²) in [6.07, 6.45) is 0. The predicted molar refractivity (Wildman–Crippen MR) is 56.5 cm³/mol. The maximum absolute atomic E-state index is 3.92. The maximum atomic E-state index is 3.92. The first kappa shape index (κ1) is 7.56. The minimum atomic E-state index is 1.13. The van der Waals surface area contributed by atoms with E-state index in [-0.39, 0.29) is 0 Å². The molecule has 0 atom stereocenters. The van der Waals surface area contributed by atoms with E-state index in [1.54, 1.807) is 11.3 Å². The Balaban J connectivity index is 2.68. The average Bonchev–Trinajstić information content (AvgIpc) is 2.49. The molecule has 0 saturated carbocycles. The van der Waals surface area contributed by atoms with E-state index in [4.69, 9.17) is 0 Å². The van der Waals surface area contributed by atoms with E-state index < -0.39 is 0 Å². The molecule has 0 radical (unpaired) electrons. The standard InChI is InChI=1S/C11H10S/c1-8(2)9-3-4-11-10(7-9)5-6-12-11/h3-7H,1H2,2H3. The van der Waals surface area contributed by atoms with Crippen molar-refractivity contribution >= 4 is 27.0 Å². The second kappa shape index (κ2) is 2.76. The van der Waals surface area contributed by atoms with Gasteiger partial charge in [-0.05, 0) is 41.5 Å². The molecule has 0 saturated heterocycles. The molecule has 2 rings (SSSR count). The van der Waals surface area contributed by atoms with E-state index >= 15 is 0 Å². The van der Waals surface area contributed by atoms with Crippen molar-refractivity contribution in [3.8, 4) is 0 Å². The van der Waals surface area contributed by atoms with Crippen molar-refractivity contribution in [2.45, 2.75) is 6.92 Å². The summed E-state index contributed by atoms with van der Waals surface area (Å²) in [7, 11) is 0. The van der Waals surface area contributed by atoms with Crippen LogP contribution in [0.15, 0.2) is 36.2 Å². The molecule has 0 nitrogen and oxygen atoms in total. The Hall–Kier alpha value is -1.08. The molecule has 0 aliphatic rings. The molecule has 2 aromatic rings. The molecule has 1 heteroatoms. The van der Waals surface area contributed by atoms with Gasteiger partial charge in [-0.25, -0.2) is 0 Å². The van der Waals surface area contributed by atoms with Crippen LogP contribution in [-0.2, 0) is 0 Å². The summed E-state index contributed by atoms with van der Waals surface area (Å²) in [5.74, 6) is 0. The zero-order valence-electron chi connectivity index (χ0n) is 7.00. The molecule has 0 N–H and O–H groups in total. The third kappa shape index (κ3) is 1.16. The van der Waals surface area contributed by atoms with Crippen LogP contribution in [0.5, 0.6) is 0 Å². The van der Waals surface area contributed by atoms with Crippen LogP contribution in [-0.4, -0.2) is 0 Å². The van der Waals surface area contributed by atoms with Gasteiger partial charge in [0.2, 0.25) is 0 Å². The van der Waals surface area contributed by atoms with Gasteiger partial charge >= 0.3 is 0 Å². The highest BCUT2D eigenvalue weighted by Gasteiger charge is 1.96. The van der Waals surface area contributed by atoms with Crippen molar-refractivity contribution in [1.82, 2.24) is 0 Å². The van der Waals surface area contributed by atoms with Gasteiger partial charge in [-0.3, -0.25) is 0 Å². The van der Waals surface area contributed by atoms with Gasteiger partial charge in [0.1, 0.15) is 0 Å². The van der Waals surface area contributed by atoms with Crippen molar-refractivity contribution in [2.24, 2.45) is 0 Å². The normalized spacial score (nSPS) is 10.4. The second-order valence-electron chi connectivity index (χ2n) is 2.95. The van der Waals surface area contributed by atoms with Crippen LogP contribution in [0, 0.1) is 0 Å². The summed E-state index contributed by atoms with van der Waals surface area (Å²) in [5.41, 5.74) is 2.36. The van der Waals surface area contributed by atoms with Crippen LogP contribution in [0.1, 0.15) is 12.5 Å². The summed E-state index contributed by atoms with van der Waals surface area (Å²) in [6, 6.07) is 8.62. The van der Waals surface area contributed by atoms with E-state index in [1.165, 1.54) is 15.6 Å². The second-order valence-corrected chi connectivity index (χ2v) is 3.90. The Kier molecular flexibility index (Phi) is 1.74. The van der Waals surface area contributed by atoms with E-state index in [0.29, 0.717) is 0 Å². The number of benzene rings is 1. The fraction of sp³-hybridized carbons (Fsp3) is 0.0909. The van der Waals surface area contributed by atoms with Gasteiger partial charge in [-0.1, -0.05) is 18.2 Å². The summed E-state index contributed by atoms with van der Waals surface area (Å²) in [4.78, 5) is 0. The van der Waals surface area contributed by atoms with Gasteiger partial charge < -0.3 is 0 Å². The number of rotatable bonds is 1. The van der Waals surface area contributed by atoms with Crippen molar-refractivity contribution in [3.63, 3.8) is 0 Å². The van der Waals surface area contributed by atoms with Crippen molar-refractivity contribution in [1.29, 1.82) is 0 Å². The molecule has 60 valence electrons. The lowest BCUT2D eigenvalue weighted by Crippen LogP contribution is -1.75. The molecule has 0 aliphatic heterocycles. The Morgan fingerprint density at radius 2 is 2.17 bits per heavy atom. The highest BCUT2D eigenvalue weighted by atomic mass is 32.1. The molecule has 0 unspecified atom stereocenters. The highest BCUT2D eigenvalue weighted by Crippen LogP contribution is 2.24. The zero-order chi connectivity index (χ0) is 8.55. The molecule has 1 aromatic heterocycles. The summed E-state index contributed by atoms with van der Waals surface area (Å²) in [5, 5.41) is 3.44. The van der Waals surface area contributed by atoms with Crippen LogP contribution in [0.25, 0.3) is 15.7 Å². The van der Waals surface area contributed by atoms with Gasteiger partial charge in [-0.15, -0.1) is 11.3 Å². The Labute approximate surface area is 76.2 Å². The monoisotopic (exact) mass is 174 g/mol. The number of thiophene rings is 1. The largest absolute Gasteiger partial charge is 0.144 e. The first-order valence-corrected chi connectivity index (χ1v) is 4.78. The van der Waals surface area contributed by atoms with Gasteiger partial charge in [0.25, 0.3) is 0 Å². The summed E-state index contributed by atoms with van der Waals surface area (Å²) >= 11 is 1.78. The highest BCUT2D eigenvalue weighted by molar-refractivity contribution is 7.17. The number of hydrogen-bond donors (Lipinski definition) is 0. The van der Waals surface area contributed by atoms with Crippen molar-refractivity contribution in [2.75, 3.05) is 0 Å². The zero-order valence-corrected chi connectivity index (χ0v) is 7.82. The van der Waals surface area contributed by atoms with E-state index in [1.807, 2.05) is 6.92 Å². The number of fused-ring (bicyclic) bond motifs is 1. The minimum absolute atomic E-state index is 1.13. The predicted octanol–water partition coefficient (Wildman–Crippen LogP) is 3.93. The van der Waals surface area contributed by atoms with Gasteiger partial charge in [0.15, 0.2) is 0 Å².